The molecule has 0 aliphatic heterocycles. The minimum Gasteiger partial charge on any atom is -0.316 e. The van der Waals surface area contributed by atoms with Crippen molar-refractivity contribution in [2.75, 3.05) is 0 Å². The number of halogens is 3. The van der Waals surface area contributed by atoms with Gasteiger partial charge in [-0.05, 0) is 31.5 Å². The maximum Gasteiger partial charge on any atom is 0.281 e. The summed E-state index contributed by atoms with van der Waals surface area (Å²) in [6, 6.07) is 9.14. The van der Waals surface area contributed by atoms with Gasteiger partial charge < -0.3 is 4.57 Å². The monoisotopic (exact) mass is 497 g/mol. The van der Waals surface area contributed by atoms with Crippen LogP contribution >= 0.6 is 46.1 Å². The standard InChI is InChI=1S/C21H18Cl3N3O3S/c1-3-5-18-19(12-6-9-15(22)17(24)10-12)26(4-2)21(31-18)25-20(28)14-8-7-13(27(29)30)11-16(14)23/h6-11H,3-5H2,1-2H3. The van der Waals surface area contributed by atoms with E-state index in [-0.39, 0.29) is 16.3 Å². The fraction of sp³-hybridized carbons (Fsp3) is 0.238. The van der Waals surface area contributed by atoms with Crippen molar-refractivity contribution in [3.8, 4) is 11.3 Å². The van der Waals surface area contributed by atoms with E-state index < -0.39 is 10.8 Å². The molecule has 0 radical (unpaired) electrons. The first-order valence-electron chi connectivity index (χ1n) is 9.47. The lowest BCUT2D eigenvalue weighted by atomic mass is 10.1. The summed E-state index contributed by atoms with van der Waals surface area (Å²) in [6.45, 7) is 4.62. The Hall–Kier alpha value is -2.19. The van der Waals surface area contributed by atoms with Crippen molar-refractivity contribution < 1.29 is 9.72 Å². The Balaban J connectivity index is 2.15. The number of nitro benzene ring substituents is 1. The molecule has 31 heavy (non-hydrogen) atoms. The molecule has 0 aliphatic carbocycles. The molecule has 0 aliphatic rings. The van der Waals surface area contributed by atoms with E-state index in [1.165, 1.54) is 23.5 Å². The second-order valence-corrected chi connectivity index (χ2v) is 8.90. The van der Waals surface area contributed by atoms with Crippen LogP contribution in [0.4, 0.5) is 5.69 Å². The van der Waals surface area contributed by atoms with Crippen molar-refractivity contribution in [3.05, 3.63) is 76.8 Å². The molecule has 6 nitrogen and oxygen atoms in total. The SMILES string of the molecule is CCCc1sc(=NC(=O)c2ccc([N+](=O)[O-])cc2Cl)n(CC)c1-c1ccc(Cl)c(Cl)c1. The van der Waals surface area contributed by atoms with Gasteiger partial charge in [-0.25, -0.2) is 0 Å². The summed E-state index contributed by atoms with van der Waals surface area (Å²) >= 11 is 19.8. The maximum absolute atomic E-state index is 12.8. The number of benzene rings is 2. The first kappa shape index (κ1) is 23.5. The van der Waals surface area contributed by atoms with Gasteiger partial charge in [0, 0.05) is 29.1 Å². The molecule has 162 valence electrons. The number of nitrogens with zero attached hydrogens (tertiary/aromatic N) is 3. The highest BCUT2D eigenvalue weighted by Gasteiger charge is 2.18. The van der Waals surface area contributed by atoms with Crippen LogP contribution in [0, 0.1) is 10.1 Å². The van der Waals surface area contributed by atoms with Gasteiger partial charge in [-0.2, -0.15) is 4.99 Å². The van der Waals surface area contributed by atoms with Crippen LogP contribution in [0.5, 0.6) is 0 Å². The molecule has 0 spiro atoms. The van der Waals surface area contributed by atoms with E-state index in [1.807, 2.05) is 17.6 Å². The van der Waals surface area contributed by atoms with Crippen molar-refractivity contribution in [1.29, 1.82) is 0 Å². The fourth-order valence-corrected chi connectivity index (χ4v) is 5.00. The van der Waals surface area contributed by atoms with Crippen LogP contribution in [0.1, 0.15) is 35.5 Å². The molecule has 1 aromatic heterocycles. The normalized spacial score (nSPS) is 11.7. The van der Waals surface area contributed by atoms with Gasteiger partial charge in [0.15, 0.2) is 4.80 Å². The molecule has 0 fully saturated rings. The second kappa shape index (κ2) is 9.96. The zero-order valence-corrected chi connectivity index (χ0v) is 19.8. The Morgan fingerprint density at radius 2 is 1.84 bits per heavy atom. The van der Waals surface area contributed by atoms with E-state index in [0.717, 1.165) is 35.0 Å². The molecule has 0 atom stereocenters. The van der Waals surface area contributed by atoms with Gasteiger partial charge in [0.05, 0.1) is 31.2 Å². The predicted molar refractivity (Wildman–Crippen MR) is 125 cm³/mol. The molecule has 3 rings (SSSR count). The predicted octanol–water partition coefficient (Wildman–Crippen LogP) is 6.80. The second-order valence-electron chi connectivity index (χ2n) is 6.62. The lowest BCUT2D eigenvalue weighted by Gasteiger charge is -2.10. The number of thiazole rings is 1. The molecule has 2 aromatic carbocycles. The number of non-ortho nitro benzene ring substituents is 1. The van der Waals surface area contributed by atoms with Crippen LogP contribution in [-0.2, 0) is 13.0 Å². The minimum atomic E-state index is -0.567. The topological polar surface area (TPSA) is 77.5 Å². The van der Waals surface area contributed by atoms with Crippen LogP contribution in [0.2, 0.25) is 15.1 Å². The molecule has 3 aromatic rings. The average molecular weight is 499 g/mol. The maximum atomic E-state index is 12.8. The van der Waals surface area contributed by atoms with E-state index >= 15 is 0 Å². The molecule has 1 heterocycles. The smallest absolute Gasteiger partial charge is 0.281 e. The number of aromatic nitrogens is 1. The lowest BCUT2D eigenvalue weighted by Crippen LogP contribution is -2.17. The van der Waals surface area contributed by atoms with E-state index in [9.17, 15) is 14.9 Å². The van der Waals surface area contributed by atoms with Crippen LogP contribution in [0.25, 0.3) is 11.3 Å². The van der Waals surface area contributed by atoms with Gasteiger partial charge in [0.2, 0.25) is 0 Å². The number of carbonyl (C=O) groups excluding carboxylic acids is 1. The Bertz CT molecular complexity index is 1230. The molecular formula is C21H18Cl3N3O3S. The Kier molecular flexibility index (Phi) is 7.54. The highest BCUT2D eigenvalue weighted by Crippen LogP contribution is 2.32. The Morgan fingerprint density at radius 3 is 2.42 bits per heavy atom. The van der Waals surface area contributed by atoms with Crippen LogP contribution < -0.4 is 4.80 Å². The van der Waals surface area contributed by atoms with Crippen molar-refractivity contribution >= 4 is 57.7 Å². The summed E-state index contributed by atoms with van der Waals surface area (Å²) in [5.74, 6) is -0.563. The molecule has 0 unspecified atom stereocenters. The number of aryl methyl sites for hydroxylation is 1. The summed E-state index contributed by atoms with van der Waals surface area (Å²) in [6.07, 6.45) is 1.72. The van der Waals surface area contributed by atoms with Crippen LogP contribution in [0.15, 0.2) is 41.4 Å². The third-order valence-corrected chi connectivity index (χ3v) is 6.75. The molecule has 0 bridgehead atoms. The van der Waals surface area contributed by atoms with Crippen molar-refractivity contribution in [2.24, 2.45) is 4.99 Å². The molecule has 10 heteroatoms. The summed E-state index contributed by atoms with van der Waals surface area (Å²) < 4.78 is 1.95. The highest BCUT2D eigenvalue weighted by atomic mass is 35.5. The molecular weight excluding hydrogens is 481 g/mol. The average Bonchev–Trinajstić information content (AvgIpc) is 3.06. The fourth-order valence-electron chi connectivity index (χ4n) is 3.13. The van der Waals surface area contributed by atoms with Crippen molar-refractivity contribution in [1.82, 2.24) is 4.57 Å². The largest absolute Gasteiger partial charge is 0.316 e. The molecule has 0 saturated heterocycles. The number of amides is 1. The van der Waals surface area contributed by atoms with Gasteiger partial charge in [-0.1, -0.05) is 54.2 Å². The summed E-state index contributed by atoms with van der Waals surface area (Å²) in [5, 5.41) is 11.8. The first-order valence-corrected chi connectivity index (χ1v) is 11.4. The molecule has 1 amide bonds. The zero-order chi connectivity index (χ0) is 22.7. The van der Waals surface area contributed by atoms with Gasteiger partial charge in [-0.3, -0.25) is 14.9 Å². The van der Waals surface area contributed by atoms with Gasteiger partial charge in [-0.15, -0.1) is 11.3 Å². The molecule has 0 saturated carbocycles. The summed E-state index contributed by atoms with van der Waals surface area (Å²) in [4.78, 5) is 29.1. The third kappa shape index (κ3) is 5.01. The summed E-state index contributed by atoms with van der Waals surface area (Å²) in [5.41, 5.74) is 1.75. The van der Waals surface area contributed by atoms with E-state index in [1.54, 1.807) is 12.1 Å². The number of hydrogen-bond acceptors (Lipinski definition) is 4. The lowest BCUT2D eigenvalue weighted by molar-refractivity contribution is -0.384. The third-order valence-electron chi connectivity index (χ3n) is 4.56. The number of nitro groups is 1. The summed E-state index contributed by atoms with van der Waals surface area (Å²) in [7, 11) is 0. The Morgan fingerprint density at radius 1 is 1.10 bits per heavy atom. The Labute approximate surface area is 197 Å². The van der Waals surface area contributed by atoms with E-state index in [0.29, 0.717) is 21.4 Å². The number of rotatable bonds is 6. The van der Waals surface area contributed by atoms with E-state index in [2.05, 4.69) is 11.9 Å². The van der Waals surface area contributed by atoms with Gasteiger partial charge >= 0.3 is 0 Å². The van der Waals surface area contributed by atoms with Crippen LogP contribution in [0.3, 0.4) is 0 Å². The van der Waals surface area contributed by atoms with Crippen molar-refractivity contribution in [3.63, 3.8) is 0 Å². The number of carbonyl (C=O) groups is 1. The zero-order valence-electron chi connectivity index (χ0n) is 16.7. The van der Waals surface area contributed by atoms with Gasteiger partial charge in [0.1, 0.15) is 0 Å². The van der Waals surface area contributed by atoms with Gasteiger partial charge in [0.25, 0.3) is 11.6 Å². The molecule has 0 N–H and O–H groups in total. The number of hydrogen-bond donors (Lipinski definition) is 0. The van der Waals surface area contributed by atoms with Crippen molar-refractivity contribution in [2.45, 2.75) is 33.2 Å². The van der Waals surface area contributed by atoms with E-state index in [4.69, 9.17) is 34.8 Å². The quantitative estimate of drug-likeness (QED) is 0.277. The first-order chi connectivity index (χ1) is 14.8. The van der Waals surface area contributed by atoms with Crippen LogP contribution in [-0.4, -0.2) is 15.4 Å². The highest BCUT2D eigenvalue weighted by molar-refractivity contribution is 7.09. The minimum absolute atomic E-state index is 0.0129.